The lowest BCUT2D eigenvalue weighted by Crippen LogP contribution is -2.57. The molecule has 1 atom stereocenters. The summed E-state index contributed by atoms with van der Waals surface area (Å²) in [6, 6.07) is 21.9. The first-order chi connectivity index (χ1) is 15.1. The van der Waals surface area contributed by atoms with Gasteiger partial charge in [-0.15, -0.1) is 0 Å². The molecule has 160 valence electrons. The minimum atomic E-state index is -1.63. The van der Waals surface area contributed by atoms with E-state index in [1.165, 1.54) is 4.90 Å². The molecule has 2 N–H and O–H groups in total. The predicted molar refractivity (Wildman–Crippen MR) is 125 cm³/mol. The predicted octanol–water partition coefficient (Wildman–Crippen LogP) is 4.47. The molecule has 0 aromatic heterocycles. The Morgan fingerprint density at radius 1 is 0.968 bits per heavy atom. The molecule has 0 radical (unpaired) electrons. The molecule has 0 saturated heterocycles. The highest BCUT2D eigenvalue weighted by Gasteiger charge is 2.43. The normalized spacial score (nSPS) is 17.8. The van der Waals surface area contributed by atoms with E-state index in [9.17, 15) is 15.0 Å². The average Bonchev–Trinajstić information content (AvgIpc) is 2.78. The van der Waals surface area contributed by atoms with Crippen LogP contribution in [0, 0.1) is 0 Å². The molecule has 4 rings (SSSR count). The Labute approximate surface area is 182 Å². The molecule has 0 spiro atoms. The molecule has 1 amide bonds. The van der Waals surface area contributed by atoms with Crippen molar-refractivity contribution in [2.75, 3.05) is 6.54 Å². The molecule has 31 heavy (non-hydrogen) atoms. The van der Waals surface area contributed by atoms with E-state index >= 15 is 0 Å². The third-order valence-electron chi connectivity index (χ3n) is 6.21. The fraction of sp³-hybridized carbons (Fsp3) is 0.296. The highest BCUT2D eigenvalue weighted by atomic mass is 16.4. The number of carbonyl (C=O) groups is 1. The van der Waals surface area contributed by atoms with Gasteiger partial charge in [-0.3, -0.25) is 4.90 Å². The maximum Gasteiger partial charge on any atom is 0.409 e. The topological polar surface area (TPSA) is 60.8 Å². The quantitative estimate of drug-likeness (QED) is 0.442. The minimum Gasteiger partial charge on any atom is -0.465 e. The second-order valence-corrected chi connectivity index (χ2v) is 8.21. The van der Waals surface area contributed by atoms with Crippen molar-refractivity contribution in [1.29, 1.82) is 0 Å². The number of nitrogens with zero attached hydrogens (tertiary/aromatic N) is 1. The number of carboxylic acid groups (broad SMARTS) is 1. The smallest absolute Gasteiger partial charge is 0.409 e. The van der Waals surface area contributed by atoms with Crippen LogP contribution >= 0.6 is 0 Å². The van der Waals surface area contributed by atoms with Crippen molar-refractivity contribution in [3.8, 4) is 0 Å². The van der Waals surface area contributed by atoms with E-state index in [0.717, 1.165) is 52.5 Å². The Morgan fingerprint density at radius 3 is 2.52 bits per heavy atom. The largest absolute Gasteiger partial charge is 0.465 e. The maximum atomic E-state index is 12.4. The molecule has 0 fully saturated rings. The van der Waals surface area contributed by atoms with E-state index < -0.39 is 11.8 Å². The summed E-state index contributed by atoms with van der Waals surface area (Å²) in [5, 5.41) is 26.1. The van der Waals surface area contributed by atoms with Crippen LogP contribution in [-0.4, -0.2) is 33.5 Å². The number of amides is 1. The summed E-state index contributed by atoms with van der Waals surface area (Å²) >= 11 is 0. The minimum absolute atomic E-state index is 0.225. The van der Waals surface area contributed by atoms with Crippen molar-refractivity contribution in [2.45, 2.75) is 44.8 Å². The van der Waals surface area contributed by atoms with E-state index in [0.29, 0.717) is 12.1 Å². The first-order valence-corrected chi connectivity index (χ1v) is 11.1. The Balaban J connectivity index is 1.94. The van der Waals surface area contributed by atoms with Gasteiger partial charge in [0.05, 0.1) is 0 Å². The molecule has 3 aromatic rings. The standard InChI is InChI=1S/C27H29NO3/c1-2-3-4-9-19-28(26(29)30)27(31)18-17-21-12-6-8-15-23(21)25(27)24-16-10-13-20-11-5-7-14-22(20)24/h5-8,10-17,31H,2-4,9,18-19H2,1H3,(H,29,30). The Bertz CT molecular complexity index is 1210. The molecule has 0 saturated carbocycles. The first kappa shape index (κ1) is 21.1. The van der Waals surface area contributed by atoms with Gasteiger partial charge < -0.3 is 10.2 Å². The highest BCUT2D eigenvalue weighted by molar-refractivity contribution is 5.96. The molecule has 0 bridgehead atoms. The molecule has 3 aromatic carbocycles. The van der Waals surface area contributed by atoms with Crippen LogP contribution in [0.15, 0.2) is 66.7 Å². The van der Waals surface area contributed by atoms with Gasteiger partial charge in [-0.25, -0.2) is 4.79 Å². The van der Waals surface area contributed by atoms with E-state index in [4.69, 9.17) is 0 Å². The average molecular weight is 416 g/mol. The number of fused-ring (bicyclic) bond motifs is 2. The zero-order valence-electron chi connectivity index (χ0n) is 17.9. The molecular formula is C27H29NO3. The lowest BCUT2D eigenvalue weighted by atomic mass is 9.83. The fourth-order valence-corrected chi connectivity index (χ4v) is 4.66. The van der Waals surface area contributed by atoms with Crippen LogP contribution in [0.5, 0.6) is 0 Å². The van der Waals surface area contributed by atoms with E-state index in [1.54, 1.807) is 0 Å². The molecule has 0 heterocycles. The summed E-state index contributed by atoms with van der Waals surface area (Å²) < 4.78 is 0. The van der Waals surface area contributed by atoms with E-state index in [-0.39, 0.29) is 6.42 Å². The van der Waals surface area contributed by atoms with Gasteiger partial charge in [0.25, 0.3) is 0 Å². The molecule has 1 aliphatic carbocycles. The molecule has 4 heteroatoms. The Morgan fingerprint density at radius 2 is 1.71 bits per heavy atom. The zero-order chi connectivity index (χ0) is 21.8. The van der Waals surface area contributed by atoms with E-state index in [1.807, 2.05) is 72.8 Å². The summed E-state index contributed by atoms with van der Waals surface area (Å²) in [7, 11) is 0. The lowest BCUT2D eigenvalue weighted by Gasteiger charge is -2.41. The first-order valence-electron chi connectivity index (χ1n) is 11.1. The van der Waals surface area contributed by atoms with Crippen molar-refractivity contribution in [3.63, 3.8) is 0 Å². The Kier molecular flexibility index (Phi) is 6.10. The summed E-state index contributed by atoms with van der Waals surface area (Å²) in [5.74, 6) is 0. The summed E-state index contributed by atoms with van der Waals surface area (Å²) in [5.41, 5.74) is -0.0856. The van der Waals surface area contributed by atoms with Gasteiger partial charge in [0.1, 0.15) is 0 Å². The van der Waals surface area contributed by atoms with Gasteiger partial charge in [-0.05, 0) is 33.2 Å². The number of benzene rings is 3. The van der Waals surface area contributed by atoms with Gasteiger partial charge in [0.15, 0.2) is 5.72 Å². The van der Waals surface area contributed by atoms with Gasteiger partial charge in [-0.2, -0.15) is 0 Å². The monoisotopic (exact) mass is 415 g/mol. The molecule has 1 unspecified atom stereocenters. The van der Waals surface area contributed by atoms with Crippen molar-refractivity contribution in [2.24, 2.45) is 0 Å². The summed E-state index contributed by atoms with van der Waals surface area (Å²) in [6.45, 7) is 2.43. The third kappa shape index (κ3) is 3.96. The van der Waals surface area contributed by atoms with E-state index in [2.05, 4.69) is 6.92 Å². The number of rotatable bonds is 7. The summed E-state index contributed by atoms with van der Waals surface area (Å²) in [4.78, 5) is 13.6. The van der Waals surface area contributed by atoms with Gasteiger partial charge in [-0.1, -0.05) is 99.0 Å². The van der Waals surface area contributed by atoms with Crippen LogP contribution in [0.4, 0.5) is 4.79 Å². The molecular weight excluding hydrogens is 386 g/mol. The molecule has 4 nitrogen and oxygen atoms in total. The zero-order valence-corrected chi connectivity index (χ0v) is 17.9. The van der Waals surface area contributed by atoms with Gasteiger partial charge in [0.2, 0.25) is 0 Å². The fourth-order valence-electron chi connectivity index (χ4n) is 4.66. The molecule has 0 aliphatic heterocycles. The maximum absolute atomic E-state index is 12.4. The van der Waals surface area contributed by atoms with Crippen LogP contribution in [-0.2, 0) is 0 Å². The Hall–Kier alpha value is -3.11. The highest BCUT2D eigenvalue weighted by Crippen LogP contribution is 2.37. The van der Waals surface area contributed by atoms with Crippen LogP contribution in [0.2, 0.25) is 0 Å². The number of aliphatic hydroxyl groups is 1. The lowest BCUT2D eigenvalue weighted by molar-refractivity contribution is -0.0408. The number of hydrogen-bond acceptors (Lipinski definition) is 2. The van der Waals surface area contributed by atoms with Crippen LogP contribution in [0.25, 0.3) is 22.4 Å². The van der Waals surface area contributed by atoms with Crippen molar-refractivity contribution in [1.82, 2.24) is 4.90 Å². The SMILES string of the molecule is CCCCCCN(C(=O)O)C1(O)CC=c2ccccc2=C1c1cccc2ccccc12. The summed E-state index contributed by atoms with van der Waals surface area (Å²) in [6.07, 6.45) is 4.89. The number of hydrogen-bond donors (Lipinski definition) is 2. The van der Waals surface area contributed by atoms with Crippen LogP contribution in [0.1, 0.15) is 44.6 Å². The molecule has 1 aliphatic rings. The van der Waals surface area contributed by atoms with Crippen molar-refractivity contribution in [3.05, 3.63) is 82.7 Å². The third-order valence-corrected chi connectivity index (χ3v) is 6.21. The van der Waals surface area contributed by atoms with Crippen molar-refractivity contribution < 1.29 is 15.0 Å². The number of unbranched alkanes of at least 4 members (excludes halogenated alkanes) is 3. The van der Waals surface area contributed by atoms with Crippen molar-refractivity contribution >= 4 is 28.5 Å². The van der Waals surface area contributed by atoms with Gasteiger partial charge in [0, 0.05) is 18.5 Å². The van der Waals surface area contributed by atoms with Crippen LogP contribution in [0.3, 0.4) is 0 Å². The van der Waals surface area contributed by atoms with Crippen LogP contribution < -0.4 is 10.4 Å². The second-order valence-electron chi connectivity index (χ2n) is 8.21. The second kappa shape index (κ2) is 8.94. The van der Waals surface area contributed by atoms with Gasteiger partial charge >= 0.3 is 6.09 Å².